The highest BCUT2D eigenvalue weighted by Crippen LogP contribution is 2.19. The molecule has 0 aromatic carbocycles. The number of likely N-dealkylation sites (tertiary alicyclic amines) is 1. The molecule has 3 heteroatoms. The van der Waals surface area contributed by atoms with Crippen molar-refractivity contribution < 1.29 is 4.74 Å². The number of methoxy groups -OCH3 is 1. The summed E-state index contributed by atoms with van der Waals surface area (Å²) in [6, 6.07) is 0.640. The lowest BCUT2D eigenvalue weighted by Gasteiger charge is -2.38. The van der Waals surface area contributed by atoms with Crippen molar-refractivity contribution in [2.75, 3.05) is 33.3 Å². The van der Waals surface area contributed by atoms with Gasteiger partial charge in [-0.3, -0.25) is 4.90 Å². The van der Waals surface area contributed by atoms with E-state index in [4.69, 9.17) is 4.74 Å². The van der Waals surface area contributed by atoms with Crippen molar-refractivity contribution in [1.82, 2.24) is 10.2 Å². The van der Waals surface area contributed by atoms with Crippen molar-refractivity contribution in [1.29, 1.82) is 0 Å². The number of hydrogen-bond donors (Lipinski definition) is 1. The molecule has 1 aliphatic rings. The second-order valence-electron chi connectivity index (χ2n) is 5.36. The van der Waals surface area contributed by atoms with E-state index in [0.29, 0.717) is 18.1 Å². The summed E-state index contributed by atoms with van der Waals surface area (Å²) in [7, 11) is 1.84. The van der Waals surface area contributed by atoms with Crippen LogP contribution in [-0.2, 0) is 4.74 Å². The second-order valence-corrected chi connectivity index (χ2v) is 5.36. The van der Waals surface area contributed by atoms with E-state index in [9.17, 15) is 0 Å². The molecule has 1 fully saturated rings. The lowest BCUT2D eigenvalue weighted by molar-refractivity contribution is -0.00749. The Balaban J connectivity index is 2.34. The number of hydrogen-bond acceptors (Lipinski definition) is 3. The zero-order chi connectivity index (χ0) is 12.7. The van der Waals surface area contributed by atoms with Crippen LogP contribution in [0.1, 0.15) is 40.0 Å². The molecule has 0 aliphatic carbocycles. The van der Waals surface area contributed by atoms with E-state index >= 15 is 0 Å². The third-order valence-electron chi connectivity index (χ3n) is 3.93. The van der Waals surface area contributed by atoms with Gasteiger partial charge >= 0.3 is 0 Å². The van der Waals surface area contributed by atoms with Gasteiger partial charge in [0.15, 0.2) is 0 Å². The van der Waals surface area contributed by atoms with Crippen molar-refractivity contribution in [2.24, 2.45) is 5.92 Å². The molecule has 3 nitrogen and oxygen atoms in total. The van der Waals surface area contributed by atoms with E-state index < -0.39 is 0 Å². The first kappa shape index (κ1) is 14.9. The molecule has 3 unspecified atom stereocenters. The van der Waals surface area contributed by atoms with E-state index in [1.54, 1.807) is 0 Å². The molecule has 0 spiro atoms. The molecule has 1 heterocycles. The molecule has 102 valence electrons. The van der Waals surface area contributed by atoms with Crippen molar-refractivity contribution in [3.63, 3.8) is 0 Å². The number of piperidine rings is 1. The molecule has 0 aromatic heterocycles. The molecule has 3 atom stereocenters. The zero-order valence-electron chi connectivity index (χ0n) is 12.0. The van der Waals surface area contributed by atoms with Crippen LogP contribution >= 0.6 is 0 Å². The molecule has 0 bridgehead atoms. The van der Waals surface area contributed by atoms with Gasteiger partial charge in [-0.2, -0.15) is 0 Å². The minimum Gasteiger partial charge on any atom is -0.380 e. The van der Waals surface area contributed by atoms with Gasteiger partial charge in [0.05, 0.1) is 6.10 Å². The summed E-state index contributed by atoms with van der Waals surface area (Å²) in [5, 5.41) is 3.63. The summed E-state index contributed by atoms with van der Waals surface area (Å²) in [6.07, 6.45) is 4.12. The number of nitrogens with one attached hydrogen (secondary N) is 1. The Labute approximate surface area is 107 Å². The first-order valence-electron chi connectivity index (χ1n) is 7.19. The third-order valence-corrected chi connectivity index (χ3v) is 3.93. The van der Waals surface area contributed by atoms with E-state index in [1.165, 1.54) is 32.4 Å². The Morgan fingerprint density at radius 1 is 1.41 bits per heavy atom. The summed E-state index contributed by atoms with van der Waals surface area (Å²) in [5.74, 6) is 0.708. The Morgan fingerprint density at radius 2 is 2.18 bits per heavy atom. The molecule has 0 aromatic rings. The summed E-state index contributed by atoms with van der Waals surface area (Å²) in [6.45, 7) is 11.4. The van der Waals surface area contributed by atoms with Gasteiger partial charge in [-0.1, -0.05) is 20.8 Å². The highest BCUT2D eigenvalue weighted by Gasteiger charge is 2.26. The molecule has 0 amide bonds. The van der Waals surface area contributed by atoms with Gasteiger partial charge in [0.2, 0.25) is 0 Å². The summed E-state index contributed by atoms with van der Waals surface area (Å²) in [5.41, 5.74) is 0. The predicted molar refractivity (Wildman–Crippen MR) is 73.4 cm³/mol. The van der Waals surface area contributed by atoms with Crippen LogP contribution in [0.2, 0.25) is 0 Å². The summed E-state index contributed by atoms with van der Waals surface area (Å²) in [4.78, 5) is 2.56. The van der Waals surface area contributed by atoms with Crippen LogP contribution in [0.5, 0.6) is 0 Å². The van der Waals surface area contributed by atoms with Crippen LogP contribution in [0.15, 0.2) is 0 Å². The first-order chi connectivity index (χ1) is 8.21. The molecule has 0 radical (unpaired) electrons. The van der Waals surface area contributed by atoms with Gasteiger partial charge in [0.1, 0.15) is 0 Å². The second kappa shape index (κ2) is 8.06. The minimum absolute atomic E-state index is 0.424. The third kappa shape index (κ3) is 4.94. The molecular weight excluding hydrogens is 212 g/mol. The van der Waals surface area contributed by atoms with Crippen LogP contribution in [0, 0.1) is 5.92 Å². The Hall–Kier alpha value is -0.120. The Bertz CT molecular complexity index is 199. The average Bonchev–Trinajstić information content (AvgIpc) is 2.36. The van der Waals surface area contributed by atoms with Gasteiger partial charge in [0.25, 0.3) is 0 Å². The fraction of sp³-hybridized carbons (Fsp3) is 1.00. The van der Waals surface area contributed by atoms with Gasteiger partial charge in [-0.15, -0.1) is 0 Å². The molecule has 1 rings (SSSR count). The zero-order valence-corrected chi connectivity index (χ0v) is 12.0. The van der Waals surface area contributed by atoms with Crippen LogP contribution in [0.3, 0.4) is 0 Å². The number of ether oxygens (including phenoxy) is 1. The maximum absolute atomic E-state index is 5.57. The van der Waals surface area contributed by atoms with Gasteiger partial charge in [0, 0.05) is 26.2 Å². The number of nitrogens with zero attached hydrogens (tertiary/aromatic N) is 1. The van der Waals surface area contributed by atoms with Crippen LogP contribution in [0.25, 0.3) is 0 Å². The standard InChI is InChI=1S/C14H30N2O/c1-5-8-15-13(6-2)10-16-9-7-12(3)14(11-16)17-4/h12-15H,5-11H2,1-4H3. The van der Waals surface area contributed by atoms with Crippen molar-refractivity contribution >= 4 is 0 Å². The molecule has 17 heavy (non-hydrogen) atoms. The van der Waals surface area contributed by atoms with Crippen LogP contribution < -0.4 is 5.32 Å². The van der Waals surface area contributed by atoms with E-state index in [-0.39, 0.29) is 0 Å². The smallest absolute Gasteiger partial charge is 0.0724 e. The van der Waals surface area contributed by atoms with E-state index in [0.717, 1.165) is 13.1 Å². The maximum Gasteiger partial charge on any atom is 0.0724 e. The monoisotopic (exact) mass is 242 g/mol. The van der Waals surface area contributed by atoms with Gasteiger partial charge < -0.3 is 10.1 Å². The highest BCUT2D eigenvalue weighted by atomic mass is 16.5. The molecule has 0 saturated carbocycles. The lowest BCUT2D eigenvalue weighted by Crippen LogP contribution is -2.49. The van der Waals surface area contributed by atoms with E-state index in [2.05, 4.69) is 31.0 Å². The summed E-state index contributed by atoms with van der Waals surface area (Å²) < 4.78 is 5.57. The first-order valence-corrected chi connectivity index (χ1v) is 7.19. The van der Waals surface area contributed by atoms with Crippen molar-refractivity contribution in [3.05, 3.63) is 0 Å². The SMILES string of the molecule is CCCNC(CC)CN1CCC(C)C(OC)C1. The minimum atomic E-state index is 0.424. The Kier molecular flexibility index (Phi) is 7.09. The highest BCUT2D eigenvalue weighted by molar-refractivity contribution is 4.81. The largest absolute Gasteiger partial charge is 0.380 e. The maximum atomic E-state index is 5.57. The molecule has 1 aliphatic heterocycles. The topological polar surface area (TPSA) is 24.5 Å². The lowest BCUT2D eigenvalue weighted by atomic mass is 9.95. The quantitative estimate of drug-likeness (QED) is 0.740. The summed E-state index contributed by atoms with van der Waals surface area (Å²) >= 11 is 0. The predicted octanol–water partition coefficient (Wildman–Crippen LogP) is 2.12. The fourth-order valence-electron chi connectivity index (χ4n) is 2.57. The van der Waals surface area contributed by atoms with E-state index in [1.807, 2.05) is 7.11 Å². The van der Waals surface area contributed by atoms with Crippen molar-refractivity contribution in [2.45, 2.75) is 52.2 Å². The number of rotatable bonds is 7. The molecular formula is C14H30N2O. The van der Waals surface area contributed by atoms with Gasteiger partial charge in [-0.05, 0) is 38.3 Å². The van der Waals surface area contributed by atoms with Crippen molar-refractivity contribution in [3.8, 4) is 0 Å². The average molecular weight is 242 g/mol. The van der Waals surface area contributed by atoms with Crippen LogP contribution in [-0.4, -0.2) is 50.3 Å². The normalized spacial score (nSPS) is 28.2. The molecule has 1 N–H and O–H groups in total. The molecule has 1 saturated heterocycles. The Morgan fingerprint density at radius 3 is 2.76 bits per heavy atom. The van der Waals surface area contributed by atoms with Gasteiger partial charge in [-0.25, -0.2) is 0 Å². The van der Waals surface area contributed by atoms with Crippen LogP contribution in [0.4, 0.5) is 0 Å². The fourth-order valence-corrected chi connectivity index (χ4v) is 2.57.